The van der Waals surface area contributed by atoms with Crippen LogP contribution in [0, 0.1) is 0 Å². The van der Waals surface area contributed by atoms with E-state index in [0.717, 1.165) is 5.69 Å². The molecule has 0 bridgehead atoms. The number of amides is 1. The number of thioether (sulfide) groups is 1. The van der Waals surface area contributed by atoms with E-state index in [1.54, 1.807) is 10.7 Å². The van der Waals surface area contributed by atoms with Crippen molar-refractivity contribution in [2.75, 3.05) is 10.0 Å². The number of sulfonamides is 1. The molecule has 1 unspecified atom stereocenters. The number of carbonyl (C=O) groups excluding carboxylic acids is 1. The number of nitrogens with zero attached hydrogens (tertiary/aromatic N) is 6. The molecule has 4 rings (SSSR count). The first-order valence-electron chi connectivity index (χ1n) is 10.2. The first-order chi connectivity index (χ1) is 16.5. The summed E-state index contributed by atoms with van der Waals surface area (Å²) in [6.45, 7) is 1.89. The van der Waals surface area contributed by atoms with Crippen LogP contribution >= 0.6 is 11.8 Å². The first-order valence-corrected chi connectivity index (χ1v) is 12.5. The van der Waals surface area contributed by atoms with E-state index < -0.39 is 15.3 Å². The number of anilines is 2. The van der Waals surface area contributed by atoms with Crippen molar-refractivity contribution in [3.8, 4) is 5.69 Å². The second-order valence-corrected chi connectivity index (χ2v) is 9.77. The number of benzene rings is 2. The van der Waals surface area contributed by atoms with Gasteiger partial charge in [-0.3, -0.25) is 4.79 Å². The maximum Gasteiger partial charge on any atom is 0.264 e. The Morgan fingerprint density at radius 3 is 2.41 bits per heavy atom. The Morgan fingerprint density at radius 2 is 1.74 bits per heavy atom. The third kappa shape index (κ3) is 5.55. The van der Waals surface area contributed by atoms with Crippen molar-refractivity contribution in [3.05, 3.63) is 73.1 Å². The molecule has 0 aliphatic carbocycles. The highest BCUT2D eigenvalue weighted by molar-refractivity contribution is 8.00. The van der Waals surface area contributed by atoms with Crippen LogP contribution in [0.4, 0.5) is 11.6 Å². The van der Waals surface area contributed by atoms with Gasteiger partial charge in [-0.25, -0.2) is 23.1 Å². The summed E-state index contributed by atoms with van der Waals surface area (Å²) < 4.78 is 28.9. The lowest BCUT2D eigenvalue weighted by atomic mass is 10.3. The SMILES string of the molecule is CCC(Sc1nnnn1-c1ccccc1)C(=O)Nc1ccc(S(=O)(=O)Nc2ncccn2)cc1. The Hall–Kier alpha value is -3.84. The molecule has 0 radical (unpaired) electrons. The second-order valence-electron chi connectivity index (χ2n) is 6.92. The van der Waals surface area contributed by atoms with Crippen molar-refractivity contribution < 1.29 is 13.2 Å². The highest BCUT2D eigenvalue weighted by atomic mass is 32.2. The third-order valence-corrected chi connectivity index (χ3v) is 7.22. The summed E-state index contributed by atoms with van der Waals surface area (Å²) in [5.41, 5.74) is 1.25. The average Bonchev–Trinajstić information content (AvgIpc) is 3.32. The molecule has 13 heteroatoms. The van der Waals surface area contributed by atoms with Gasteiger partial charge in [0.1, 0.15) is 0 Å². The minimum atomic E-state index is -3.86. The van der Waals surface area contributed by atoms with Gasteiger partial charge in [-0.05, 0) is 59.3 Å². The van der Waals surface area contributed by atoms with Crippen LogP contribution in [0.25, 0.3) is 5.69 Å². The summed E-state index contributed by atoms with van der Waals surface area (Å²) in [5, 5.41) is 14.6. The van der Waals surface area contributed by atoms with E-state index in [0.29, 0.717) is 17.3 Å². The molecule has 2 aromatic carbocycles. The number of hydrogen-bond acceptors (Lipinski definition) is 9. The molecule has 2 aromatic heterocycles. The van der Waals surface area contributed by atoms with Gasteiger partial charge in [-0.1, -0.05) is 36.9 Å². The lowest BCUT2D eigenvalue weighted by Gasteiger charge is -2.14. The fraction of sp³-hybridized carbons (Fsp3) is 0.143. The molecule has 2 heterocycles. The van der Waals surface area contributed by atoms with E-state index in [4.69, 9.17) is 0 Å². The summed E-state index contributed by atoms with van der Waals surface area (Å²) in [4.78, 5) is 20.6. The molecule has 11 nitrogen and oxygen atoms in total. The Balaban J connectivity index is 1.43. The van der Waals surface area contributed by atoms with Crippen LogP contribution in [0.3, 0.4) is 0 Å². The number of rotatable bonds is 9. The summed E-state index contributed by atoms with van der Waals surface area (Å²) >= 11 is 1.25. The summed E-state index contributed by atoms with van der Waals surface area (Å²) in [7, 11) is -3.86. The van der Waals surface area contributed by atoms with Crippen LogP contribution < -0.4 is 10.0 Å². The van der Waals surface area contributed by atoms with Gasteiger partial charge >= 0.3 is 0 Å². The van der Waals surface area contributed by atoms with Crippen LogP contribution in [0.15, 0.2) is 83.1 Å². The molecule has 0 fully saturated rings. The smallest absolute Gasteiger partial charge is 0.264 e. The molecule has 1 amide bonds. The van der Waals surface area contributed by atoms with Crippen LogP contribution in [-0.2, 0) is 14.8 Å². The predicted octanol–water partition coefficient (Wildman–Crippen LogP) is 2.76. The zero-order valence-corrected chi connectivity index (χ0v) is 19.6. The second kappa shape index (κ2) is 10.4. The van der Waals surface area contributed by atoms with Crippen molar-refractivity contribution in [2.45, 2.75) is 28.6 Å². The van der Waals surface area contributed by atoms with Crippen molar-refractivity contribution >= 4 is 39.3 Å². The van der Waals surface area contributed by atoms with E-state index in [1.165, 1.54) is 48.4 Å². The maximum absolute atomic E-state index is 12.9. The maximum atomic E-state index is 12.9. The van der Waals surface area contributed by atoms with Crippen LogP contribution in [0.2, 0.25) is 0 Å². The van der Waals surface area contributed by atoms with E-state index in [1.807, 2.05) is 37.3 Å². The minimum Gasteiger partial charge on any atom is -0.325 e. The molecule has 0 saturated heterocycles. The highest BCUT2D eigenvalue weighted by Crippen LogP contribution is 2.26. The van der Waals surface area contributed by atoms with Crippen LogP contribution in [0.5, 0.6) is 0 Å². The third-order valence-electron chi connectivity index (χ3n) is 4.58. The van der Waals surface area contributed by atoms with Gasteiger partial charge in [0.2, 0.25) is 17.0 Å². The van der Waals surface area contributed by atoms with E-state index >= 15 is 0 Å². The van der Waals surface area contributed by atoms with Gasteiger partial charge in [-0.15, -0.1) is 5.10 Å². The zero-order valence-electron chi connectivity index (χ0n) is 17.9. The van der Waals surface area contributed by atoms with Crippen molar-refractivity contribution in [1.29, 1.82) is 0 Å². The van der Waals surface area contributed by atoms with Crippen LogP contribution in [-0.4, -0.2) is 49.8 Å². The Morgan fingerprint density at radius 1 is 1.03 bits per heavy atom. The molecule has 1 atom stereocenters. The van der Waals surface area contributed by atoms with E-state index in [2.05, 4.69) is 35.5 Å². The highest BCUT2D eigenvalue weighted by Gasteiger charge is 2.22. The van der Waals surface area contributed by atoms with Crippen molar-refractivity contribution in [2.24, 2.45) is 0 Å². The Kier molecular flexibility index (Phi) is 7.13. The lowest BCUT2D eigenvalue weighted by Crippen LogP contribution is -2.25. The van der Waals surface area contributed by atoms with Gasteiger partial charge in [0.25, 0.3) is 10.0 Å². The quantitative estimate of drug-likeness (QED) is 0.334. The standard InChI is InChI=1S/C21H20N8O3S2/c1-2-18(33-21-25-27-28-29(21)16-7-4-3-5-8-16)19(30)24-15-9-11-17(12-10-15)34(31,32)26-20-22-13-6-14-23-20/h3-14,18H,2H2,1H3,(H,24,30)(H,22,23,26). The first kappa shape index (κ1) is 23.3. The molecular formula is C21H20N8O3S2. The summed E-state index contributed by atoms with van der Waals surface area (Å²) in [6.07, 6.45) is 3.40. The number of carbonyl (C=O) groups is 1. The molecule has 174 valence electrons. The molecule has 2 N–H and O–H groups in total. The molecule has 34 heavy (non-hydrogen) atoms. The zero-order chi connectivity index (χ0) is 24.0. The van der Waals surface area contributed by atoms with E-state index in [-0.39, 0.29) is 16.8 Å². The van der Waals surface area contributed by atoms with Crippen LogP contribution in [0.1, 0.15) is 13.3 Å². The monoisotopic (exact) mass is 496 g/mol. The van der Waals surface area contributed by atoms with Crippen molar-refractivity contribution in [3.63, 3.8) is 0 Å². The number of tetrazole rings is 1. The molecular weight excluding hydrogens is 476 g/mol. The van der Waals surface area contributed by atoms with E-state index in [9.17, 15) is 13.2 Å². The number of para-hydroxylation sites is 1. The van der Waals surface area contributed by atoms with Gasteiger partial charge in [0, 0.05) is 18.1 Å². The molecule has 0 spiro atoms. The number of hydrogen-bond donors (Lipinski definition) is 2. The minimum absolute atomic E-state index is 0.0152. The predicted molar refractivity (Wildman–Crippen MR) is 127 cm³/mol. The van der Waals surface area contributed by atoms with Gasteiger partial charge in [0.15, 0.2) is 0 Å². The van der Waals surface area contributed by atoms with Crippen molar-refractivity contribution in [1.82, 2.24) is 30.2 Å². The molecule has 4 aromatic rings. The molecule has 0 aliphatic rings. The topological polar surface area (TPSA) is 145 Å². The van der Waals surface area contributed by atoms with Gasteiger partial charge in [0.05, 0.1) is 15.8 Å². The van der Waals surface area contributed by atoms with Gasteiger partial charge in [-0.2, -0.15) is 4.68 Å². The summed E-state index contributed by atoms with van der Waals surface area (Å²) in [5.74, 6) is -0.276. The summed E-state index contributed by atoms with van der Waals surface area (Å²) in [6, 6.07) is 16.8. The number of aromatic nitrogens is 6. The Labute approximate surface area is 200 Å². The normalized spacial score (nSPS) is 12.1. The largest absolute Gasteiger partial charge is 0.325 e. The molecule has 0 saturated carbocycles. The van der Waals surface area contributed by atoms with Gasteiger partial charge < -0.3 is 5.32 Å². The number of nitrogens with one attached hydrogen (secondary N) is 2. The lowest BCUT2D eigenvalue weighted by molar-refractivity contribution is -0.115. The average molecular weight is 497 g/mol. The fourth-order valence-corrected chi connectivity index (χ4v) is 4.77. The Bertz CT molecular complexity index is 1350. The molecule has 0 aliphatic heterocycles. The fourth-order valence-electron chi connectivity index (χ4n) is 2.90.